The molecule has 1 aliphatic rings. The fourth-order valence-corrected chi connectivity index (χ4v) is 3.42. The quantitative estimate of drug-likeness (QED) is 0.696. The molecule has 6 heteroatoms. The van der Waals surface area contributed by atoms with Crippen molar-refractivity contribution in [2.75, 3.05) is 4.90 Å². The Kier molecular flexibility index (Phi) is 4.31. The SMILES string of the molecule is Cc1ccc(C)c(N2C(=O)C(O)=C(C(=O)c3ccco3)C2c2ccccn2)c1. The molecular formula is C22H18N2O4. The van der Waals surface area contributed by atoms with Gasteiger partial charge in [0, 0.05) is 11.9 Å². The molecule has 0 fully saturated rings. The summed E-state index contributed by atoms with van der Waals surface area (Å²) in [6, 6.07) is 13.2. The number of aliphatic hydroxyl groups excluding tert-OH is 1. The maximum atomic E-state index is 13.1. The first kappa shape index (κ1) is 17.7. The monoisotopic (exact) mass is 374 g/mol. The number of benzene rings is 1. The largest absolute Gasteiger partial charge is 0.503 e. The van der Waals surface area contributed by atoms with Gasteiger partial charge in [-0.1, -0.05) is 18.2 Å². The number of aliphatic hydroxyl groups is 1. The zero-order chi connectivity index (χ0) is 19.8. The number of nitrogens with zero attached hydrogens (tertiary/aromatic N) is 2. The molecule has 1 amide bonds. The standard InChI is InChI=1S/C22H18N2O4/c1-13-8-9-14(2)16(12-13)24-19(15-6-3-4-10-23-15)18(21(26)22(24)27)20(25)17-7-5-11-28-17/h3-12,19,26H,1-2H3. The second-order valence-electron chi connectivity index (χ2n) is 6.69. The van der Waals surface area contributed by atoms with Gasteiger partial charge in [0.25, 0.3) is 5.91 Å². The third-order valence-corrected chi connectivity index (χ3v) is 4.79. The predicted octanol–water partition coefficient (Wildman–Crippen LogP) is 4.07. The van der Waals surface area contributed by atoms with Crippen LogP contribution in [0.1, 0.15) is 33.4 Å². The first-order valence-corrected chi connectivity index (χ1v) is 8.82. The Hall–Kier alpha value is -3.67. The number of aromatic nitrogens is 1. The number of anilines is 1. The molecule has 0 spiro atoms. The lowest BCUT2D eigenvalue weighted by molar-refractivity contribution is -0.117. The first-order valence-electron chi connectivity index (χ1n) is 8.82. The van der Waals surface area contributed by atoms with E-state index in [1.54, 1.807) is 30.5 Å². The average molecular weight is 374 g/mol. The number of furan rings is 1. The number of aryl methyl sites for hydroxylation is 2. The van der Waals surface area contributed by atoms with Crippen LogP contribution in [-0.4, -0.2) is 21.8 Å². The van der Waals surface area contributed by atoms with Crippen molar-refractivity contribution in [1.82, 2.24) is 4.98 Å². The van der Waals surface area contributed by atoms with Gasteiger partial charge in [-0.25, -0.2) is 0 Å². The summed E-state index contributed by atoms with van der Waals surface area (Å²) in [5, 5.41) is 10.6. The second kappa shape index (κ2) is 6.81. The molecule has 0 saturated heterocycles. The van der Waals surface area contributed by atoms with Gasteiger partial charge in [-0.05, 0) is 55.3 Å². The number of Topliss-reactive ketones (excluding diaryl/α,β-unsaturated/α-hetero) is 1. The van der Waals surface area contributed by atoms with E-state index in [1.807, 2.05) is 32.0 Å². The fraction of sp³-hybridized carbons (Fsp3) is 0.136. The lowest BCUT2D eigenvalue weighted by atomic mass is 9.97. The number of carbonyl (C=O) groups is 2. The van der Waals surface area contributed by atoms with Crippen molar-refractivity contribution in [3.63, 3.8) is 0 Å². The lowest BCUT2D eigenvalue weighted by Gasteiger charge is -2.27. The molecular weight excluding hydrogens is 356 g/mol. The van der Waals surface area contributed by atoms with Crippen molar-refractivity contribution in [3.05, 3.63) is 94.9 Å². The van der Waals surface area contributed by atoms with E-state index in [1.165, 1.54) is 17.2 Å². The Balaban J connectivity index is 1.92. The first-order chi connectivity index (χ1) is 13.5. The minimum atomic E-state index is -0.855. The Bertz CT molecular complexity index is 1080. The lowest BCUT2D eigenvalue weighted by Crippen LogP contribution is -2.32. The van der Waals surface area contributed by atoms with Crippen molar-refractivity contribution in [1.29, 1.82) is 0 Å². The summed E-state index contributed by atoms with van der Waals surface area (Å²) >= 11 is 0. The van der Waals surface area contributed by atoms with Crippen LogP contribution >= 0.6 is 0 Å². The maximum Gasteiger partial charge on any atom is 0.294 e. The van der Waals surface area contributed by atoms with Crippen molar-refractivity contribution in [2.45, 2.75) is 19.9 Å². The minimum absolute atomic E-state index is 0.0421. The van der Waals surface area contributed by atoms with E-state index in [0.717, 1.165) is 11.1 Å². The van der Waals surface area contributed by atoms with E-state index >= 15 is 0 Å². The van der Waals surface area contributed by atoms with Crippen molar-refractivity contribution in [2.24, 2.45) is 0 Å². The zero-order valence-electron chi connectivity index (χ0n) is 15.4. The molecule has 1 aliphatic heterocycles. The van der Waals surface area contributed by atoms with Crippen LogP contribution in [-0.2, 0) is 4.79 Å². The average Bonchev–Trinajstić information content (AvgIpc) is 3.32. The Labute approximate surface area is 161 Å². The molecule has 2 aromatic heterocycles. The molecule has 0 radical (unpaired) electrons. The highest BCUT2D eigenvalue weighted by Crippen LogP contribution is 2.42. The van der Waals surface area contributed by atoms with Crippen molar-refractivity contribution >= 4 is 17.4 Å². The topological polar surface area (TPSA) is 83.6 Å². The van der Waals surface area contributed by atoms with Crippen molar-refractivity contribution < 1.29 is 19.1 Å². The van der Waals surface area contributed by atoms with Crippen LogP contribution in [0.2, 0.25) is 0 Å². The van der Waals surface area contributed by atoms with Crippen LogP contribution in [0.5, 0.6) is 0 Å². The van der Waals surface area contributed by atoms with Gasteiger partial charge in [0.1, 0.15) is 6.04 Å². The van der Waals surface area contributed by atoms with E-state index in [2.05, 4.69) is 4.98 Å². The van der Waals surface area contributed by atoms with Crippen LogP contribution < -0.4 is 4.90 Å². The third kappa shape index (κ3) is 2.79. The molecule has 3 aromatic rings. The molecule has 6 nitrogen and oxygen atoms in total. The summed E-state index contributed by atoms with van der Waals surface area (Å²) in [6.07, 6.45) is 2.96. The van der Waals surface area contributed by atoms with E-state index in [-0.39, 0.29) is 11.3 Å². The Morgan fingerprint density at radius 2 is 1.96 bits per heavy atom. The normalized spacial score (nSPS) is 16.7. The number of carbonyl (C=O) groups excluding carboxylic acids is 2. The van der Waals surface area contributed by atoms with Crippen LogP contribution in [0, 0.1) is 13.8 Å². The molecule has 3 heterocycles. The van der Waals surface area contributed by atoms with E-state index in [4.69, 9.17) is 4.42 Å². The zero-order valence-corrected chi connectivity index (χ0v) is 15.4. The molecule has 28 heavy (non-hydrogen) atoms. The highest BCUT2D eigenvalue weighted by Gasteiger charge is 2.46. The van der Waals surface area contributed by atoms with E-state index in [0.29, 0.717) is 11.4 Å². The molecule has 4 rings (SSSR count). The second-order valence-corrected chi connectivity index (χ2v) is 6.69. The summed E-state index contributed by atoms with van der Waals surface area (Å²) < 4.78 is 5.21. The van der Waals surface area contributed by atoms with Gasteiger partial charge >= 0.3 is 0 Å². The summed E-state index contributed by atoms with van der Waals surface area (Å²) in [4.78, 5) is 31.9. The summed E-state index contributed by atoms with van der Waals surface area (Å²) in [5.74, 6) is -1.71. The summed E-state index contributed by atoms with van der Waals surface area (Å²) in [5.41, 5.74) is 2.86. The van der Waals surface area contributed by atoms with Gasteiger partial charge in [0.05, 0.1) is 17.5 Å². The Morgan fingerprint density at radius 3 is 2.64 bits per heavy atom. The number of ketones is 1. The maximum absolute atomic E-state index is 13.1. The van der Waals surface area contributed by atoms with Crippen LogP contribution in [0.15, 0.2) is 76.7 Å². The van der Waals surface area contributed by atoms with Gasteiger partial charge < -0.3 is 9.52 Å². The fourth-order valence-electron chi connectivity index (χ4n) is 3.42. The smallest absolute Gasteiger partial charge is 0.294 e. The number of amides is 1. The number of hydrogen-bond donors (Lipinski definition) is 1. The highest BCUT2D eigenvalue weighted by molar-refractivity contribution is 6.20. The molecule has 1 aromatic carbocycles. The molecule has 1 unspecified atom stereocenters. The summed E-state index contributed by atoms with van der Waals surface area (Å²) in [6.45, 7) is 3.79. The van der Waals surface area contributed by atoms with Gasteiger partial charge in [0.15, 0.2) is 11.5 Å². The molecule has 0 bridgehead atoms. The number of rotatable bonds is 4. The van der Waals surface area contributed by atoms with Crippen molar-refractivity contribution in [3.8, 4) is 0 Å². The summed E-state index contributed by atoms with van der Waals surface area (Å²) in [7, 11) is 0. The van der Waals surface area contributed by atoms with Gasteiger partial charge in [0.2, 0.25) is 5.78 Å². The number of hydrogen-bond acceptors (Lipinski definition) is 5. The van der Waals surface area contributed by atoms with Gasteiger partial charge in [-0.3, -0.25) is 19.5 Å². The highest BCUT2D eigenvalue weighted by atomic mass is 16.3. The van der Waals surface area contributed by atoms with Crippen LogP contribution in [0.3, 0.4) is 0 Å². The Morgan fingerprint density at radius 1 is 1.14 bits per heavy atom. The van der Waals surface area contributed by atoms with Crippen LogP contribution in [0.4, 0.5) is 5.69 Å². The van der Waals surface area contributed by atoms with E-state index in [9.17, 15) is 14.7 Å². The molecule has 1 atom stereocenters. The van der Waals surface area contributed by atoms with E-state index < -0.39 is 23.5 Å². The van der Waals surface area contributed by atoms with Gasteiger partial charge in [-0.2, -0.15) is 0 Å². The number of pyridine rings is 1. The predicted molar refractivity (Wildman–Crippen MR) is 103 cm³/mol. The molecule has 1 N–H and O–H groups in total. The third-order valence-electron chi connectivity index (χ3n) is 4.79. The minimum Gasteiger partial charge on any atom is -0.503 e. The molecule has 0 aliphatic carbocycles. The van der Waals surface area contributed by atoms with Crippen LogP contribution in [0.25, 0.3) is 0 Å². The van der Waals surface area contributed by atoms with Gasteiger partial charge in [-0.15, -0.1) is 0 Å². The molecule has 0 saturated carbocycles. The molecule has 140 valence electrons.